The summed E-state index contributed by atoms with van der Waals surface area (Å²) in [6.45, 7) is 25.4. The van der Waals surface area contributed by atoms with E-state index in [1.807, 2.05) is 0 Å². The smallest absolute Gasteiger partial charge is 0.376 e. The summed E-state index contributed by atoms with van der Waals surface area (Å²) in [7, 11) is 0. The van der Waals surface area contributed by atoms with E-state index in [2.05, 4.69) is 207 Å². The van der Waals surface area contributed by atoms with E-state index >= 15 is 0 Å². The van der Waals surface area contributed by atoms with Crippen LogP contribution in [0.25, 0.3) is 66.0 Å². The molecule has 67 heavy (non-hydrogen) atoms. The fourth-order valence-electron chi connectivity index (χ4n) is 12.0. The zero-order valence-corrected chi connectivity index (χ0v) is 40.7. The van der Waals surface area contributed by atoms with Crippen molar-refractivity contribution in [2.45, 2.75) is 111 Å². The van der Waals surface area contributed by atoms with Crippen molar-refractivity contribution in [1.82, 2.24) is 0 Å². The molecular weight excluding hydrogens is 819 g/mol. The lowest BCUT2D eigenvalue weighted by molar-refractivity contribution is 0.332. The molecule has 0 atom stereocenters. The van der Waals surface area contributed by atoms with Crippen LogP contribution in [-0.4, -0.2) is 6.85 Å². The highest BCUT2D eigenvalue weighted by Crippen LogP contribution is 2.55. The van der Waals surface area contributed by atoms with Gasteiger partial charge in [-0.25, -0.2) is 0 Å². The van der Waals surface area contributed by atoms with Gasteiger partial charge in [-0.3, -0.25) is 0 Å². The van der Waals surface area contributed by atoms with Crippen LogP contribution in [0.5, 0.6) is 0 Å². The Bertz CT molecular complexity index is 3750. The number of hydrogen-bond acceptors (Lipinski definition) is 5. The van der Waals surface area contributed by atoms with Gasteiger partial charge in [0.15, 0.2) is 0 Å². The molecule has 5 heterocycles. The van der Waals surface area contributed by atoms with Gasteiger partial charge in [0, 0.05) is 66.9 Å². The molecule has 5 nitrogen and oxygen atoms in total. The molecule has 0 N–H and O–H groups in total. The minimum Gasteiger partial charge on any atom is -0.466 e. The molecule has 10 aromatic rings. The van der Waals surface area contributed by atoms with Crippen molar-refractivity contribution in [2.24, 2.45) is 0 Å². The Morgan fingerprint density at radius 3 is 1.82 bits per heavy atom. The molecule has 332 valence electrons. The minimum atomic E-state index is -0.359. The minimum absolute atomic E-state index is 0.00413. The van der Waals surface area contributed by atoms with Crippen LogP contribution in [0, 0.1) is 6.92 Å². The maximum atomic E-state index is 7.50. The molecule has 2 aliphatic heterocycles. The summed E-state index contributed by atoms with van der Waals surface area (Å²) in [5.74, 6) is 0. The highest BCUT2D eigenvalue weighted by atomic mass is 16.3. The Balaban J connectivity index is 1.23. The standard InChI is InChI=1S/C61H57BN2O3/c1-34-28-44-45(61(10,11)27-26-60(44,8)9)32-46(34)63-48-31-41-39-17-13-15-19-50(39)66-56(41)53-42-30-40-38-16-12-14-18-49(38)65-52(40)33-47(42)64(37-23-20-35(21-24-37)58(2,3)4)62(54(48)53)57-55(63)43-29-36(59(5,6)7)22-25-51(43)67-57/h12-25,28-33H,26-27H2,1-11H3. The van der Waals surface area contributed by atoms with Gasteiger partial charge in [-0.15, -0.1) is 0 Å². The molecule has 3 aromatic heterocycles. The van der Waals surface area contributed by atoms with Crippen molar-refractivity contribution in [3.05, 3.63) is 149 Å². The van der Waals surface area contributed by atoms with Gasteiger partial charge in [-0.1, -0.05) is 130 Å². The molecule has 6 heteroatoms. The van der Waals surface area contributed by atoms with E-state index < -0.39 is 0 Å². The maximum Gasteiger partial charge on any atom is 0.376 e. The van der Waals surface area contributed by atoms with Crippen molar-refractivity contribution in [2.75, 3.05) is 9.71 Å². The normalized spacial score (nSPS) is 16.3. The van der Waals surface area contributed by atoms with Crippen LogP contribution in [0.2, 0.25) is 0 Å². The van der Waals surface area contributed by atoms with Crippen molar-refractivity contribution in [3.8, 4) is 11.1 Å². The van der Waals surface area contributed by atoms with Crippen LogP contribution in [-0.2, 0) is 21.7 Å². The van der Waals surface area contributed by atoms with Crippen molar-refractivity contribution in [3.63, 3.8) is 0 Å². The molecule has 0 fully saturated rings. The number of hydrogen-bond donors (Lipinski definition) is 0. The van der Waals surface area contributed by atoms with E-state index in [0.29, 0.717) is 0 Å². The Labute approximate surface area is 393 Å². The van der Waals surface area contributed by atoms with Gasteiger partial charge in [0.1, 0.15) is 33.6 Å². The average molecular weight is 877 g/mol. The lowest BCUT2D eigenvalue weighted by Gasteiger charge is -2.45. The molecule has 0 saturated carbocycles. The van der Waals surface area contributed by atoms with Crippen molar-refractivity contribution < 1.29 is 13.3 Å². The first-order chi connectivity index (χ1) is 31.9. The predicted octanol–water partition coefficient (Wildman–Crippen LogP) is 16.2. The molecule has 0 spiro atoms. The van der Waals surface area contributed by atoms with Crippen LogP contribution in [0.1, 0.15) is 110 Å². The fraction of sp³-hybridized carbons (Fsp3) is 0.279. The van der Waals surface area contributed by atoms with E-state index in [9.17, 15) is 0 Å². The molecule has 7 aromatic carbocycles. The lowest BCUT2D eigenvalue weighted by Crippen LogP contribution is -2.61. The first kappa shape index (κ1) is 40.6. The number of fused-ring (bicyclic) bond motifs is 14. The second kappa shape index (κ2) is 13.3. The summed E-state index contributed by atoms with van der Waals surface area (Å²) in [6.07, 6.45) is 2.29. The third kappa shape index (κ3) is 5.68. The van der Waals surface area contributed by atoms with Crippen molar-refractivity contribution in [1.29, 1.82) is 0 Å². The quantitative estimate of drug-likeness (QED) is 0.162. The fourth-order valence-corrected chi connectivity index (χ4v) is 12.0. The number of rotatable bonds is 2. The van der Waals surface area contributed by atoms with E-state index in [1.165, 1.54) is 39.0 Å². The summed E-state index contributed by atoms with van der Waals surface area (Å²) in [5.41, 5.74) is 20.9. The topological polar surface area (TPSA) is 45.9 Å². The molecule has 3 aliphatic rings. The highest BCUT2D eigenvalue weighted by Gasteiger charge is 2.51. The van der Waals surface area contributed by atoms with E-state index in [-0.39, 0.29) is 28.5 Å². The second-order valence-electron chi connectivity index (χ2n) is 23.3. The highest BCUT2D eigenvalue weighted by molar-refractivity contribution is 6.93. The number of benzene rings is 7. The summed E-state index contributed by atoms with van der Waals surface area (Å²) in [6, 6.07) is 45.2. The monoisotopic (exact) mass is 876 g/mol. The number of aryl methyl sites for hydroxylation is 1. The first-order valence-corrected chi connectivity index (χ1v) is 24.2. The Morgan fingerprint density at radius 2 is 1.13 bits per heavy atom. The van der Waals surface area contributed by atoms with Crippen LogP contribution >= 0.6 is 0 Å². The molecule has 1 aliphatic carbocycles. The predicted molar refractivity (Wildman–Crippen MR) is 282 cm³/mol. The largest absolute Gasteiger partial charge is 0.466 e. The lowest BCUT2D eigenvalue weighted by atomic mass is 9.45. The summed E-state index contributed by atoms with van der Waals surface area (Å²) in [5, 5.41) is 5.50. The van der Waals surface area contributed by atoms with Crippen molar-refractivity contribution >= 4 is 101 Å². The molecule has 0 saturated heterocycles. The van der Waals surface area contributed by atoms with Crippen LogP contribution in [0.15, 0.2) is 135 Å². The van der Waals surface area contributed by atoms with Crippen LogP contribution in [0.3, 0.4) is 0 Å². The number of anilines is 5. The molecule has 0 amide bonds. The number of furan rings is 3. The van der Waals surface area contributed by atoms with E-state index in [1.54, 1.807) is 0 Å². The molecule has 13 rings (SSSR count). The SMILES string of the molecule is Cc1cc2c(cc1N1c3cc4c(oc5ccccc54)c4c3B(c3oc5ccc(C(C)(C)C)cc5c31)N(c1ccc(C(C)(C)C)cc1)c1cc3oc5ccccc5c3cc1-4)C(C)(C)CCC2(C)C. The zero-order valence-electron chi connectivity index (χ0n) is 40.7. The van der Waals surface area contributed by atoms with Gasteiger partial charge in [-0.2, -0.15) is 0 Å². The average Bonchev–Trinajstić information content (AvgIpc) is 3.98. The number of nitrogens with zero attached hydrogens (tertiary/aromatic N) is 2. The number of para-hydroxylation sites is 2. The Hall–Kier alpha value is -6.66. The van der Waals surface area contributed by atoms with Gasteiger partial charge in [0.05, 0.1) is 5.69 Å². The second-order valence-corrected chi connectivity index (χ2v) is 23.3. The van der Waals surface area contributed by atoms with E-state index in [4.69, 9.17) is 13.3 Å². The molecule has 0 radical (unpaired) electrons. The third-order valence-corrected chi connectivity index (χ3v) is 15.9. The van der Waals surface area contributed by atoms with Gasteiger partial charge in [-0.05, 0) is 129 Å². The van der Waals surface area contributed by atoms with Gasteiger partial charge in [0.2, 0.25) is 0 Å². The molecule has 0 unspecified atom stereocenters. The van der Waals surface area contributed by atoms with Gasteiger partial charge < -0.3 is 23.0 Å². The Morgan fingerprint density at radius 1 is 0.522 bits per heavy atom. The van der Waals surface area contributed by atoms with E-state index in [0.717, 1.165) is 107 Å². The van der Waals surface area contributed by atoms with Gasteiger partial charge in [0.25, 0.3) is 0 Å². The third-order valence-electron chi connectivity index (χ3n) is 15.9. The first-order valence-electron chi connectivity index (χ1n) is 24.2. The maximum absolute atomic E-state index is 7.50. The summed E-state index contributed by atoms with van der Waals surface area (Å²) >= 11 is 0. The Kier molecular flexibility index (Phi) is 8.05. The molecule has 0 bridgehead atoms. The zero-order chi connectivity index (χ0) is 46.3. The summed E-state index contributed by atoms with van der Waals surface area (Å²) in [4.78, 5) is 5.12. The van der Waals surface area contributed by atoms with Crippen LogP contribution in [0.4, 0.5) is 28.4 Å². The van der Waals surface area contributed by atoms with Crippen LogP contribution < -0.4 is 20.8 Å². The summed E-state index contributed by atoms with van der Waals surface area (Å²) < 4.78 is 21.4. The van der Waals surface area contributed by atoms with Gasteiger partial charge >= 0.3 is 6.85 Å². The molecular formula is C61H57BN2O3.